The Morgan fingerprint density at radius 1 is 1.67 bits per heavy atom. The number of morpholine rings is 1. The number of aryl methyl sites for hydroxylation is 1. The number of rotatable bonds is 3. The van der Waals surface area contributed by atoms with Crippen LogP contribution in [0.25, 0.3) is 0 Å². The Morgan fingerprint density at radius 3 is 3.11 bits per heavy atom. The van der Waals surface area contributed by atoms with Crippen LogP contribution in [-0.4, -0.2) is 47.4 Å². The van der Waals surface area contributed by atoms with E-state index < -0.39 is 4.92 Å². The highest BCUT2D eigenvalue weighted by Gasteiger charge is 2.29. The van der Waals surface area contributed by atoms with Crippen molar-refractivity contribution in [3.63, 3.8) is 0 Å². The highest BCUT2D eigenvalue weighted by molar-refractivity contribution is 5.59. The van der Waals surface area contributed by atoms with Gasteiger partial charge < -0.3 is 14.7 Å². The van der Waals surface area contributed by atoms with Crippen molar-refractivity contribution < 1.29 is 14.8 Å². The summed E-state index contributed by atoms with van der Waals surface area (Å²) in [6.45, 7) is 2.98. The summed E-state index contributed by atoms with van der Waals surface area (Å²) >= 11 is 0. The van der Waals surface area contributed by atoms with Gasteiger partial charge in [-0.3, -0.25) is 10.1 Å². The van der Waals surface area contributed by atoms with Gasteiger partial charge in [-0.15, -0.1) is 0 Å². The third kappa shape index (κ3) is 2.41. The summed E-state index contributed by atoms with van der Waals surface area (Å²) in [7, 11) is 0. The number of aliphatic hydroxyl groups excluding tert-OH is 1. The van der Waals surface area contributed by atoms with Gasteiger partial charge in [0.15, 0.2) is 0 Å². The molecule has 0 radical (unpaired) electrons. The van der Waals surface area contributed by atoms with E-state index in [1.54, 1.807) is 17.9 Å². The Morgan fingerprint density at radius 2 is 2.44 bits per heavy atom. The Bertz CT molecular complexity index is 452. The highest BCUT2D eigenvalue weighted by Crippen LogP contribution is 2.28. The molecule has 1 atom stereocenters. The first-order valence-corrected chi connectivity index (χ1v) is 5.70. The summed E-state index contributed by atoms with van der Waals surface area (Å²) < 4.78 is 5.26. The molecule has 1 fully saturated rings. The van der Waals surface area contributed by atoms with E-state index in [2.05, 4.69) is 4.98 Å². The number of hydrogen-bond acceptors (Lipinski definition) is 6. The molecule has 1 N–H and O–H groups in total. The fourth-order valence-corrected chi connectivity index (χ4v) is 1.97. The predicted octanol–water partition coefficient (Wildman–Crippen LogP) is 0.496. The lowest BCUT2D eigenvalue weighted by atomic mass is 10.2. The lowest BCUT2D eigenvalue weighted by Gasteiger charge is -2.35. The molecule has 1 aliphatic rings. The average Bonchev–Trinajstić information content (AvgIpc) is 2.38. The van der Waals surface area contributed by atoms with Crippen LogP contribution in [0.15, 0.2) is 12.1 Å². The number of nitrogens with zero attached hydrogens (tertiary/aromatic N) is 3. The largest absolute Gasteiger partial charge is 0.394 e. The van der Waals surface area contributed by atoms with Crippen LogP contribution >= 0.6 is 0 Å². The zero-order valence-electron chi connectivity index (χ0n) is 10.1. The highest BCUT2D eigenvalue weighted by atomic mass is 16.6. The summed E-state index contributed by atoms with van der Waals surface area (Å²) in [5, 5.41) is 20.3. The van der Waals surface area contributed by atoms with Gasteiger partial charge in [0.1, 0.15) is 0 Å². The van der Waals surface area contributed by atoms with E-state index in [0.717, 1.165) is 0 Å². The van der Waals surface area contributed by atoms with Crippen LogP contribution in [-0.2, 0) is 4.74 Å². The van der Waals surface area contributed by atoms with E-state index in [4.69, 9.17) is 4.74 Å². The van der Waals surface area contributed by atoms with E-state index in [1.807, 2.05) is 0 Å². The van der Waals surface area contributed by atoms with Crippen LogP contribution in [0.3, 0.4) is 0 Å². The van der Waals surface area contributed by atoms with Crippen LogP contribution in [0.1, 0.15) is 5.69 Å². The van der Waals surface area contributed by atoms with Crippen LogP contribution in [0, 0.1) is 17.0 Å². The molecule has 98 valence electrons. The van der Waals surface area contributed by atoms with E-state index >= 15 is 0 Å². The lowest BCUT2D eigenvalue weighted by Crippen LogP contribution is -2.48. The minimum atomic E-state index is -0.453. The third-order valence-electron chi connectivity index (χ3n) is 2.90. The Labute approximate surface area is 104 Å². The molecule has 1 aromatic rings. The van der Waals surface area contributed by atoms with E-state index in [0.29, 0.717) is 31.3 Å². The predicted molar refractivity (Wildman–Crippen MR) is 64.7 cm³/mol. The number of aliphatic hydroxyl groups is 1. The number of nitro groups is 1. The smallest absolute Gasteiger partial charge is 0.311 e. The lowest BCUT2D eigenvalue weighted by molar-refractivity contribution is -0.384. The average molecular weight is 253 g/mol. The van der Waals surface area contributed by atoms with Crippen molar-refractivity contribution in [3.8, 4) is 0 Å². The second kappa shape index (κ2) is 5.28. The number of pyridine rings is 1. The first-order valence-electron chi connectivity index (χ1n) is 5.70. The van der Waals surface area contributed by atoms with Gasteiger partial charge in [-0.1, -0.05) is 0 Å². The first-order chi connectivity index (χ1) is 8.63. The second-order valence-electron chi connectivity index (χ2n) is 4.16. The zero-order valence-corrected chi connectivity index (χ0v) is 10.1. The molecular weight excluding hydrogens is 238 g/mol. The van der Waals surface area contributed by atoms with Gasteiger partial charge in [-0.2, -0.15) is 0 Å². The quantitative estimate of drug-likeness (QED) is 0.623. The standard InChI is InChI=1S/C11H15N3O4/c1-8-2-3-10(14(16)17)11(12-8)13-4-5-18-7-9(13)6-15/h2-3,9,15H,4-7H2,1H3. The van der Waals surface area contributed by atoms with E-state index in [1.165, 1.54) is 6.07 Å². The molecular formula is C11H15N3O4. The maximum atomic E-state index is 11.0. The topological polar surface area (TPSA) is 88.7 Å². The molecule has 7 heteroatoms. The van der Waals surface area contributed by atoms with Crippen molar-refractivity contribution in [1.29, 1.82) is 0 Å². The van der Waals surface area contributed by atoms with Gasteiger partial charge in [0.2, 0.25) is 5.82 Å². The fourth-order valence-electron chi connectivity index (χ4n) is 1.97. The molecule has 0 bridgehead atoms. The molecule has 2 heterocycles. The van der Waals surface area contributed by atoms with Crippen LogP contribution in [0.5, 0.6) is 0 Å². The molecule has 7 nitrogen and oxygen atoms in total. The number of anilines is 1. The van der Waals surface area contributed by atoms with Gasteiger partial charge >= 0.3 is 5.69 Å². The molecule has 18 heavy (non-hydrogen) atoms. The van der Waals surface area contributed by atoms with Crippen molar-refractivity contribution in [2.45, 2.75) is 13.0 Å². The molecule has 0 amide bonds. The van der Waals surface area contributed by atoms with Crippen molar-refractivity contribution in [3.05, 3.63) is 27.9 Å². The number of hydrogen-bond donors (Lipinski definition) is 1. The van der Waals surface area contributed by atoms with Crippen LogP contribution in [0.2, 0.25) is 0 Å². The number of aromatic nitrogens is 1. The minimum Gasteiger partial charge on any atom is -0.394 e. The fraction of sp³-hybridized carbons (Fsp3) is 0.545. The maximum Gasteiger partial charge on any atom is 0.311 e. The summed E-state index contributed by atoms with van der Waals surface area (Å²) in [4.78, 5) is 16.5. The molecule has 1 unspecified atom stereocenters. The minimum absolute atomic E-state index is 0.0408. The van der Waals surface area contributed by atoms with Gasteiger partial charge in [0, 0.05) is 18.3 Å². The first kappa shape index (κ1) is 12.7. The normalized spacial score (nSPS) is 19.9. The Balaban J connectivity index is 2.41. The molecule has 0 spiro atoms. The molecule has 0 aromatic carbocycles. The summed E-state index contributed by atoms with van der Waals surface area (Å²) in [6.07, 6.45) is 0. The second-order valence-corrected chi connectivity index (χ2v) is 4.16. The van der Waals surface area contributed by atoms with Crippen LogP contribution < -0.4 is 4.90 Å². The molecule has 0 aliphatic carbocycles. The SMILES string of the molecule is Cc1ccc([N+](=O)[O-])c(N2CCOCC2CO)n1. The molecule has 1 aromatic heterocycles. The number of ether oxygens (including phenoxy) is 1. The van der Waals surface area contributed by atoms with Gasteiger partial charge in [-0.25, -0.2) is 4.98 Å². The molecule has 1 aliphatic heterocycles. The Hall–Kier alpha value is -1.73. The molecule has 1 saturated heterocycles. The van der Waals surface area contributed by atoms with Crippen molar-refractivity contribution in [2.75, 3.05) is 31.3 Å². The van der Waals surface area contributed by atoms with Gasteiger partial charge in [0.05, 0.1) is 30.8 Å². The van der Waals surface area contributed by atoms with Gasteiger partial charge in [-0.05, 0) is 13.0 Å². The van der Waals surface area contributed by atoms with Gasteiger partial charge in [0.25, 0.3) is 0 Å². The molecule has 2 rings (SSSR count). The van der Waals surface area contributed by atoms with Crippen LogP contribution in [0.4, 0.5) is 11.5 Å². The van der Waals surface area contributed by atoms with E-state index in [-0.39, 0.29) is 18.3 Å². The Kier molecular flexibility index (Phi) is 3.73. The zero-order chi connectivity index (χ0) is 13.1. The van der Waals surface area contributed by atoms with Crippen molar-refractivity contribution in [1.82, 2.24) is 4.98 Å². The maximum absolute atomic E-state index is 11.0. The van der Waals surface area contributed by atoms with E-state index in [9.17, 15) is 15.2 Å². The van der Waals surface area contributed by atoms with Crippen molar-refractivity contribution in [2.24, 2.45) is 0 Å². The summed E-state index contributed by atoms with van der Waals surface area (Å²) in [6, 6.07) is 2.77. The molecule has 0 saturated carbocycles. The van der Waals surface area contributed by atoms with Crippen molar-refractivity contribution >= 4 is 11.5 Å². The summed E-state index contributed by atoms with van der Waals surface area (Å²) in [5.41, 5.74) is 0.666. The monoisotopic (exact) mass is 253 g/mol. The summed E-state index contributed by atoms with van der Waals surface area (Å²) in [5.74, 6) is 0.308. The third-order valence-corrected chi connectivity index (χ3v) is 2.90.